The number of carbonyl (C=O) groups excluding carboxylic acids is 1. The van der Waals surface area contributed by atoms with Crippen molar-refractivity contribution in [3.63, 3.8) is 0 Å². The minimum atomic E-state index is -0.500. The monoisotopic (exact) mass is 207 g/mol. The minimum absolute atomic E-state index is 0.0296. The summed E-state index contributed by atoms with van der Waals surface area (Å²) in [4.78, 5) is 20.4. The second kappa shape index (κ2) is 4.85. The van der Waals surface area contributed by atoms with Crippen molar-refractivity contribution < 1.29 is 9.72 Å². The van der Waals surface area contributed by atoms with Gasteiger partial charge in [0.1, 0.15) is 0 Å². The molecule has 0 fully saturated rings. The van der Waals surface area contributed by atoms with Gasteiger partial charge in [-0.1, -0.05) is 6.07 Å². The van der Waals surface area contributed by atoms with Gasteiger partial charge in [0, 0.05) is 19.1 Å². The van der Waals surface area contributed by atoms with Gasteiger partial charge in [-0.05, 0) is 6.07 Å². The second-order valence-electron chi connectivity index (χ2n) is 2.79. The van der Waals surface area contributed by atoms with Crippen molar-refractivity contribution in [3.8, 4) is 0 Å². The molecule has 0 aromatic heterocycles. The van der Waals surface area contributed by atoms with Crippen LogP contribution < -0.4 is 5.43 Å². The van der Waals surface area contributed by atoms with Crippen LogP contribution in [0, 0.1) is 10.1 Å². The number of Topliss-reactive ketones (excluding diaryl/α,β-unsaturated/α-hetero) is 1. The molecule has 0 aliphatic heterocycles. The first-order valence-electron chi connectivity index (χ1n) is 4.13. The molecule has 6 heteroatoms. The summed E-state index contributed by atoms with van der Waals surface area (Å²) in [6.07, 6.45) is 1.10. The average Bonchev–Trinajstić information content (AvgIpc) is 2.17. The van der Waals surface area contributed by atoms with Crippen LogP contribution in [0.5, 0.6) is 0 Å². The molecule has 1 aromatic carbocycles. The zero-order valence-corrected chi connectivity index (χ0v) is 8.01. The van der Waals surface area contributed by atoms with E-state index in [1.54, 1.807) is 6.07 Å². The Bertz CT molecular complexity index is 415. The number of anilines is 1. The third kappa shape index (κ3) is 3.55. The van der Waals surface area contributed by atoms with E-state index >= 15 is 0 Å². The largest absolute Gasteiger partial charge is 0.293 e. The molecule has 0 spiro atoms. The van der Waals surface area contributed by atoms with E-state index in [-0.39, 0.29) is 11.5 Å². The summed E-state index contributed by atoms with van der Waals surface area (Å²) in [6.45, 7) is 1.36. The quantitative estimate of drug-likeness (QED) is 0.461. The number of ketones is 1. The van der Waals surface area contributed by atoms with Crippen molar-refractivity contribution in [1.29, 1.82) is 0 Å². The van der Waals surface area contributed by atoms with E-state index in [0.717, 1.165) is 6.21 Å². The summed E-state index contributed by atoms with van der Waals surface area (Å²) in [7, 11) is 0. The Hall–Kier alpha value is -2.24. The van der Waals surface area contributed by atoms with Crippen molar-refractivity contribution in [2.75, 3.05) is 5.43 Å². The van der Waals surface area contributed by atoms with Crippen LogP contribution in [0.4, 0.5) is 11.4 Å². The Morgan fingerprint density at radius 3 is 2.93 bits per heavy atom. The van der Waals surface area contributed by atoms with Gasteiger partial charge in [0.15, 0.2) is 5.78 Å². The molecular weight excluding hydrogens is 198 g/mol. The van der Waals surface area contributed by atoms with Crippen LogP contribution in [0.3, 0.4) is 0 Å². The van der Waals surface area contributed by atoms with Gasteiger partial charge in [0.2, 0.25) is 0 Å². The molecule has 0 atom stereocenters. The normalized spacial score (nSPS) is 10.2. The maximum absolute atomic E-state index is 10.5. The van der Waals surface area contributed by atoms with Crippen molar-refractivity contribution >= 4 is 23.4 Å². The van der Waals surface area contributed by atoms with Crippen molar-refractivity contribution in [1.82, 2.24) is 0 Å². The zero-order chi connectivity index (χ0) is 11.3. The lowest BCUT2D eigenvalue weighted by molar-refractivity contribution is -0.384. The van der Waals surface area contributed by atoms with E-state index in [4.69, 9.17) is 0 Å². The number of hydrogen-bond acceptors (Lipinski definition) is 5. The number of carbonyl (C=O) groups is 1. The molecule has 0 saturated heterocycles. The number of nitro benzene ring substituents is 1. The van der Waals surface area contributed by atoms with Crippen LogP contribution in [0.1, 0.15) is 6.92 Å². The molecule has 0 aliphatic carbocycles. The lowest BCUT2D eigenvalue weighted by atomic mass is 10.3. The Labute approximate surface area is 85.8 Å². The number of nitrogens with zero attached hydrogens (tertiary/aromatic N) is 2. The van der Waals surface area contributed by atoms with Gasteiger partial charge in [0.05, 0.1) is 16.8 Å². The average molecular weight is 207 g/mol. The van der Waals surface area contributed by atoms with Crippen molar-refractivity contribution in [2.24, 2.45) is 5.10 Å². The van der Waals surface area contributed by atoms with Gasteiger partial charge in [-0.25, -0.2) is 0 Å². The molecule has 6 nitrogen and oxygen atoms in total. The van der Waals surface area contributed by atoms with Crippen LogP contribution in [0.15, 0.2) is 29.4 Å². The lowest BCUT2D eigenvalue weighted by Gasteiger charge is -1.98. The molecule has 0 amide bonds. The summed E-state index contributed by atoms with van der Waals surface area (Å²) >= 11 is 0. The number of benzene rings is 1. The van der Waals surface area contributed by atoms with Crippen molar-refractivity contribution in [3.05, 3.63) is 34.4 Å². The lowest BCUT2D eigenvalue weighted by Crippen LogP contribution is -1.96. The van der Waals surface area contributed by atoms with E-state index in [1.807, 2.05) is 0 Å². The maximum Gasteiger partial charge on any atom is 0.271 e. The zero-order valence-electron chi connectivity index (χ0n) is 8.01. The Morgan fingerprint density at radius 1 is 1.60 bits per heavy atom. The summed E-state index contributed by atoms with van der Waals surface area (Å²) in [5.41, 5.74) is 2.95. The van der Waals surface area contributed by atoms with Crippen molar-refractivity contribution in [2.45, 2.75) is 6.92 Å². The molecule has 0 unspecified atom stereocenters. The summed E-state index contributed by atoms with van der Waals surface area (Å²) in [5.74, 6) is -0.201. The van der Waals surface area contributed by atoms with Gasteiger partial charge < -0.3 is 0 Å². The van der Waals surface area contributed by atoms with E-state index in [2.05, 4.69) is 10.5 Å². The Balaban J connectivity index is 2.74. The molecule has 0 aliphatic rings. The maximum atomic E-state index is 10.5. The molecule has 0 bridgehead atoms. The topological polar surface area (TPSA) is 84.6 Å². The fourth-order valence-electron chi connectivity index (χ4n) is 0.887. The number of rotatable bonds is 4. The van der Waals surface area contributed by atoms with E-state index in [0.29, 0.717) is 5.69 Å². The first-order valence-corrected chi connectivity index (χ1v) is 4.13. The predicted molar refractivity (Wildman–Crippen MR) is 55.9 cm³/mol. The molecular formula is C9H9N3O3. The summed E-state index contributed by atoms with van der Waals surface area (Å²) in [5, 5.41) is 14.0. The van der Waals surface area contributed by atoms with Gasteiger partial charge in [-0.15, -0.1) is 0 Å². The molecule has 1 rings (SSSR count). The third-order valence-corrected chi connectivity index (χ3v) is 1.50. The number of nitrogens with one attached hydrogen (secondary N) is 1. The molecule has 1 N–H and O–H groups in total. The van der Waals surface area contributed by atoms with Crippen LogP contribution in [0.25, 0.3) is 0 Å². The minimum Gasteiger partial charge on any atom is -0.293 e. The fourth-order valence-corrected chi connectivity index (χ4v) is 0.887. The van der Waals surface area contributed by atoms with Gasteiger partial charge >= 0.3 is 0 Å². The fraction of sp³-hybridized carbons (Fsp3) is 0.111. The van der Waals surface area contributed by atoms with Crippen LogP contribution in [-0.2, 0) is 4.79 Å². The molecule has 0 saturated carbocycles. The van der Waals surface area contributed by atoms with E-state index < -0.39 is 4.92 Å². The highest BCUT2D eigenvalue weighted by atomic mass is 16.6. The smallest absolute Gasteiger partial charge is 0.271 e. The molecule has 1 aromatic rings. The highest BCUT2D eigenvalue weighted by Crippen LogP contribution is 2.16. The number of non-ortho nitro benzene ring substituents is 1. The number of hydrogen-bond donors (Lipinski definition) is 1. The van der Waals surface area contributed by atoms with Crippen LogP contribution in [-0.4, -0.2) is 16.9 Å². The summed E-state index contributed by atoms with van der Waals surface area (Å²) < 4.78 is 0. The predicted octanol–water partition coefficient (Wildman–Crippen LogP) is 1.58. The van der Waals surface area contributed by atoms with E-state index in [9.17, 15) is 14.9 Å². The first kappa shape index (κ1) is 10.8. The van der Waals surface area contributed by atoms with Crippen LogP contribution >= 0.6 is 0 Å². The summed E-state index contributed by atoms with van der Waals surface area (Å²) in [6, 6.07) is 5.85. The number of nitro groups is 1. The Morgan fingerprint density at radius 2 is 2.33 bits per heavy atom. The highest BCUT2D eigenvalue weighted by molar-refractivity contribution is 6.26. The molecule has 0 radical (unpaired) electrons. The molecule has 0 heterocycles. The molecule has 15 heavy (non-hydrogen) atoms. The highest BCUT2D eigenvalue weighted by Gasteiger charge is 2.04. The molecule has 78 valence electrons. The second-order valence-corrected chi connectivity index (χ2v) is 2.79. The van der Waals surface area contributed by atoms with Gasteiger partial charge in [-0.3, -0.25) is 20.3 Å². The van der Waals surface area contributed by atoms with Crippen LogP contribution in [0.2, 0.25) is 0 Å². The van der Waals surface area contributed by atoms with Gasteiger partial charge in [-0.2, -0.15) is 5.10 Å². The van der Waals surface area contributed by atoms with Gasteiger partial charge in [0.25, 0.3) is 5.69 Å². The standard InChI is InChI=1S/C9H9N3O3/c1-7(13)6-10-11-8-3-2-4-9(5-8)12(14)15/h2-6,11H,1H3/b10-6+. The SMILES string of the molecule is CC(=O)/C=N/Nc1cccc([N+](=O)[O-])c1. The number of hydrazone groups is 1. The third-order valence-electron chi connectivity index (χ3n) is 1.50. The first-order chi connectivity index (χ1) is 7.09. The van der Waals surface area contributed by atoms with E-state index in [1.165, 1.54) is 25.1 Å². The Kier molecular flexibility index (Phi) is 3.50.